The fourth-order valence-electron chi connectivity index (χ4n) is 4.33. The normalized spacial score (nSPS) is 29.8. The van der Waals surface area contributed by atoms with Crippen molar-refractivity contribution in [1.82, 2.24) is 10.2 Å². The molecule has 2 atom stereocenters. The van der Waals surface area contributed by atoms with E-state index in [1.807, 2.05) is 6.92 Å². The number of hydrogen-bond acceptors (Lipinski definition) is 3. The van der Waals surface area contributed by atoms with Crippen molar-refractivity contribution >= 4 is 30.7 Å². The summed E-state index contributed by atoms with van der Waals surface area (Å²) < 4.78 is 0. The Bertz CT molecular complexity index is 380. The third-order valence-electron chi connectivity index (χ3n) is 6.15. The van der Waals surface area contributed by atoms with Gasteiger partial charge in [0.2, 0.25) is 5.91 Å². The Morgan fingerprint density at radius 2 is 1.58 bits per heavy atom. The van der Waals surface area contributed by atoms with Crippen LogP contribution in [0.1, 0.15) is 71.1 Å². The lowest BCUT2D eigenvalue weighted by Gasteiger charge is -2.41. The van der Waals surface area contributed by atoms with Crippen LogP contribution in [0.4, 0.5) is 0 Å². The second-order valence-corrected chi connectivity index (χ2v) is 8.05. The van der Waals surface area contributed by atoms with Gasteiger partial charge in [-0.2, -0.15) is 0 Å². The molecule has 0 saturated heterocycles. The van der Waals surface area contributed by atoms with Crippen LogP contribution in [0.5, 0.6) is 0 Å². The van der Waals surface area contributed by atoms with Gasteiger partial charge in [-0.25, -0.2) is 0 Å². The maximum atomic E-state index is 12.7. The van der Waals surface area contributed by atoms with Crippen LogP contribution in [0.3, 0.4) is 0 Å². The predicted octanol–water partition coefficient (Wildman–Crippen LogP) is 3.51. The van der Waals surface area contributed by atoms with Gasteiger partial charge in [-0.05, 0) is 46.7 Å². The van der Waals surface area contributed by atoms with Crippen LogP contribution in [0.25, 0.3) is 0 Å². The molecule has 4 nitrogen and oxygen atoms in total. The van der Waals surface area contributed by atoms with Crippen LogP contribution < -0.4 is 11.1 Å². The van der Waals surface area contributed by atoms with Crippen LogP contribution >= 0.6 is 24.8 Å². The first-order valence-corrected chi connectivity index (χ1v) is 9.11. The molecule has 0 aromatic rings. The van der Waals surface area contributed by atoms with Crippen molar-refractivity contribution in [3.05, 3.63) is 0 Å². The van der Waals surface area contributed by atoms with Crippen molar-refractivity contribution in [2.75, 3.05) is 20.6 Å². The summed E-state index contributed by atoms with van der Waals surface area (Å²) in [5.74, 6) is 0.154. The van der Waals surface area contributed by atoms with E-state index in [1.54, 1.807) is 0 Å². The molecule has 2 saturated carbocycles. The first-order valence-electron chi connectivity index (χ1n) is 9.11. The Labute approximate surface area is 160 Å². The molecule has 0 aromatic heterocycles. The molecule has 0 radical (unpaired) electrons. The molecule has 144 valence electrons. The van der Waals surface area contributed by atoms with Gasteiger partial charge in [0.05, 0.1) is 5.92 Å². The zero-order chi connectivity index (χ0) is 16.2. The molecule has 0 spiro atoms. The van der Waals surface area contributed by atoms with Crippen LogP contribution in [-0.4, -0.2) is 42.5 Å². The Morgan fingerprint density at radius 3 is 2.08 bits per heavy atom. The van der Waals surface area contributed by atoms with E-state index in [4.69, 9.17) is 5.73 Å². The molecule has 0 aliphatic heterocycles. The van der Waals surface area contributed by atoms with Gasteiger partial charge in [0.15, 0.2) is 0 Å². The van der Waals surface area contributed by atoms with E-state index in [2.05, 4.69) is 24.3 Å². The first kappa shape index (κ1) is 24.0. The SMILES string of the molecule is CN(C)C1(CNC(=O)C2CCCCC2(C)N)CCCCCC1.Cl.Cl. The van der Waals surface area contributed by atoms with Crippen molar-refractivity contribution in [2.24, 2.45) is 11.7 Å². The number of hydrogen-bond donors (Lipinski definition) is 2. The average Bonchev–Trinajstić information content (AvgIpc) is 2.71. The molecule has 2 aliphatic carbocycles. The summed E-state index contributed by atoms with van der Waals surface area (Å²) in [5, 5.41) is 3.27. The van der Waals surface area contributed by atoms with E-state index < -0.39 is 0 Å². The number of nitrogens with zero attached hydrogens (tertiary/aromatic N) is 1. The maximum absolute atomic E-state index is 12.7. The topological polar surface area (TPSA) is 58.4 Å². The Kier molecular flexibility index (Phi) is 10.2. The zero-order valence-electron chi connectivity index (χ0n) is 15.6. The second kappa shape index (κ2) is 10.2. The van der Waals surface area contributed by atoms with Crippen molar-refractivity contribution in [3.8, 4) is 0 Å². The Hall–Kier alpha value is -0.0300. The monoisotopic (exact) mass is 381 g/mol. The van der Waals surface area contributed by atoms with Crippen molar-refractivity contribution in [1.29, 1.82) is 0 Å². The lowest BCUT2D eigenvalue weighted by Crippen LogP contribution is -2.57. The minimum absolute atomic E-state index is 0. The molecule has 0 bridgehead atoms. The van der Waals surface area contributed by atoms with Gasteiger partial charge < -0.3 is 16.0 Å². The number of amides is 1. The minimum Gasteiger partial charge on any atom is -0.354 e. The van der Waals surface area contributed by atoms with Crippen LogP contribution in [0.15, 0.2) is 0 Å². The Morgan fingerprint density at radius 1 is 1.04 bits per heavy atom. The van der Waals surface area contributed by atoms with E-state index >= 15 is 0 Å². The van der Waals surface area contributed by atoms with Gasteiger partial charge in [0.1, 0.15) is 0 Å². The largest absolute Gasteiger partial charge is 0.354 e. The molecule has 3 N–H and O–H groups in total. The third kappa shape index (κ3) is 5.76. The predicted molar refractivity (Wildman–Crippen MR) is 106 cm³/mol. The van der Waals surface area contributed by atoms with E-state index in [1.165, 1.54) is 38.5 Å². The molecule has 24 heavy (non-hydrogen) atoms. The fraction of sp³-hybridized carbons (Fsp3) is 0.944. The van der Waals surface area contributed by atoms with Crippen LogP contribution in [0.2, 0.25) is 0 Å². The highest BCUT2D eigenvalue weighted by atomic mass is 35.5. The van der Waals surface area contributed by atoms with Crippen LogP contribution in [0, 0.1) is 5.92 Å². The lowest BCUT2D eigenvalue weighted by atomic mass is 9.74. The van der Waals surface area contributed by atoms with Gasteiger partial charge >= 0.3 is 0 Å². The summed E-state index contributed by atoms with van der Waals surface area (Å²) >= 11 is 0. The number of carbonyl (C=O) groups excluding carboxylic acids is 1. The van der Waals surface area contributed by atoms with Crippen molar-refractivity contribution in [2.45, 2.75) is 82.2 Å². The van der Waals surface area contributed by atoms with Gasteiger partial charge in [0, 0.05) is 17.6 Å². The highest BCUT2D eigenvalue weighted by Crippen LogP contribution is 2.33. The molecule has 6 heteroatoms. The molecule has 2 rings (SSSR count). The molecule has 1 amide bonds. The first-order chi connectivity index (χ1) is 10.4. The van der Waals surface area contributed by atoms with Gasteiger partial charge in [-0.3, -0.25) is 4.79 Å². The summed E-state index contributed by atoms with van der Waals surface area (Å²) in [6.07, 6.45) is 11.7. The molecule has 2 aliphatic rings. The summed E-state index contributed by atoms with van der Waals surface area (Å²) in [6.45, 7) is 2.81. The number of likely N-dealkylation sites (N-methyl/N-ethyl adjacent to an activating group) is 1. The standard InChI is InChI=1S/C18H35N3O.2ClH/c1-17(19)11-9-6-10-15(17)16(22)20-14-18(21(2)3)12-7-4-5-8-13-18;;/h15H,4-14,19H2,1-3H3,(H,20,22);2*1H. The number of carbonyl (C=O) groups is 1. The average molecular weight is 382 g/mol. The summed E-state index contributed by atoms with van der Waals surface area (Å²) in [4.78, 5) is 15.0. The molecule has 0 aromatic carbocycles. The van der Waals surface area contributed by atoms with E-state index in [0.29, 0.717) is 0 Å². The number of halogens is 2. The molecule has 2 unspecified atom stereocenters. The molecular formula is C18H37Cl2N3O. The number of nitrogens with two attached hydrogens (primary N) is 1. The van der Waals surface area contributed by atoms with Crippen molar-refractivity contribution in [3.63, 3.8) is 0 Å². The zero-order valence-corrected chi connectivity index (χ0v) is 17.2. The quantitative estimate of drug-likeness (QED) is 0.732. The lowest BCUT2D eigenvalue weighted by molar-refractivity contribution is -0.128. The fourth-order valence-corrected chi connectivity index (χ4v) is 4.33. The molecular weight excluding hydrogens is 345 g/mol. The van der Waals surface area contributed by atoms with E-state index in [-0.39, 0.29) is 47.7 Å². The highest BCUT2D eigenvalue weighted by molar-refractivity contribution is 5.85. The van der Waals surface area contributed by atoms with Gasteiger partial charge in [-0.15, -0.1) is 24.8 Å². The number of nitrogens with one attached hydrogen (secondary N) is 1. The third-order valence-corrected chi connectivity index (χ3v) is 6.15. The summed E-state index contributed by atoms with van der Waals surface area (Å²) in [7, 11) is 4.32. The molecule has 0 heterocycles. The van der Waals surface area contributed by atoms with Crippen molar-refractivity contribution < 1.29 is 4.79 Å². The van der Waals surface area contributed by atoms with E-state index in [0.717, 1.165) is 32.2 Å². The van der Waals surface area contributed by atoms with Gasteiger partial charge in [0.25, 0.3) is 0 Å². The number of rotatable bonds is 4. The molecule has 2 fully saturated rings. The minimum atomic E-state index is -0.336. The van der Waals surface area contributed by atoms with Gasteiger partial charge in [-0.1, -0.05) is 38.5 Å². The second-order valence-electron chi connectivity index (χ2n) is 8.05. The summed E-state index contributed by atoms with van der Waals surface area (Å²) in [5.41, 5.74) is 6.17. The van der Waals surface area contributed by atoms with E-state index in [9.17, 15) is 4.79 Å². The highest BCUT2D eigenvalue weighted by Gasteiger charge is 2.39. The Balaban J connectivity index is 0.00000264. The summed E-state index contributed by atoms with van der Waals surface area (Å²) in [6, 6.07) is 0. The van der Waals surface area contributed by atoms with Crippen LogP contribution in [-0.2, 0) is 4.79 Å². The maximum Gasteiger partial charge on any atom is 0.225 e. The smallest absolute Gasteiger partial charge is 0.225 e.